The van der Waals surface area contributed by atoms with E-state index in [-0.39, 0.29) is 5.91 Å². The molecule has 0 unspecified atom stereocenters. The molecule has 0 radical (unpaired) electrons. The lowest BCUT2D eigenvalue weighted by molar-refractivity contribution is -0.119. The van der Waals surface area contributed by atoms with Crippen molar-refractivity contribution >= 4 is 23.4 Å². The Morgan fingerprint density at radius 2 is 1.96 bits per heavy atom. The Hall–Kier alpha value is -2.18. The first kappa shape index (κ1) is 20.6. The van der Waals surface area contributed by atoms with Gasteiger partial charge in [0.15, 0.2) is 11.5 Å². The van der Waals surface area contributed by atoms with Crippen molar-refractivity contribution in [3.8, 4) is 11.5 Å². The quantitative estimate of drug-likeness (QED) is 0.732. The zero-order valence-corrected chi connectivity index (χ0v) is 17.8. The monoisotopic (exact) mass is 400 g/mol. The summed E-state index contributed by atoms with van der Waals surface area (Å²) in [5.41, 5.74) is 2.02. The van der Waals surface area contributed by atoms with Gasteiger partial charge in [0.05, 0.1) is 26.5 Å². The molecule has 0 N–H and O–H groups in total. The number of anilines is 1. The predicted octanol–water partition coefficient (Wildman–Crippen LogP) is 4.05. The molecule has 0 aromatic heterocycles. The first-order valence-electron chi connectivity index (χ1n) is 9.48. The molecular formula is C22H28N2O3S. The molecule has 150 valence electrons. The highest BCUT2D eigenvalue weighted by Gasteiger charge is 2.25. The van der Waals surface area contributed by atoms with Crippen molar-refractivity contribution in [1.82, 2.24) is 4.90 Å². The molecule has 1 heterocycles. The van der Waals surface area contributed by atoms with Crippen LogP contribution in [0.2, 0.25) is 0 Å². The number of amides is 1. The van der Waals surface area contributed by atoms with Crippen LogP contribution in [0.5, 0.6) is 11.5 Å². The highest BCUT2D eigenvalue weighted by atomic mass is 32.2. The van der Waals surface area contributed by atoms with Crippen molar-refractivity contribution in [3.05, 3.63) is 48.0 Å². The molecular weight excluding hydrogens is 372 g/mol. The first-order valence-corrected chi connectivity index (χ1v) is 10.4. The molecule has 0 bridgehead atoms. The van der Waals surface area contributed by atoms with E-state index in [9.17, 15) is 4.79 Å². The second kappa shape index (κ2) is 9.34. The van der Waals surface area contributed by atoms with Gasteiger partial charge in [-0.05, 0) is 31.7 Å². The number of thioether (sulfide) groups is 1. The second-order valence-electron chi connectivity index (χ2n) is 7.06. The Kier molecular flexibility index (Phi) is 6.86. The Morgan fingerprint density at radius 3 is 2.71 bits per heavy atom. The number of hydrogen-bond donors (Lipinski definition) is 0. The fourth-order valence-electron chi connectivity index (χ4n) is 3.49. The van der Waals surface area contributed by atoms with E-state index in [0.29, 0.717) is 24.1 Å². The molecule has 3 rings (SSSR count). The lowest BCUT2D eigenvalue weighted by atomic mass is 10.1. The van der Waals surface area contributed by atoms with Gasteiger partial charge in [-0.1, -0.05) is 31.2 Å². The van der Waals surface area contributed by atoms with Gasteiger partial charge in [-0.15, -0.1) is 11.8 Å². The number of ether oxygens (including phenoxy) is 2. The van der Waals surface area contributed by atoms with Gasteiger partial charge in [0.2, 0.25) is 5.91 Å². The number of hydrogen-bond acceptors (Lipinski definition) is 5. The molecule has 0 aliphatic carbocycles. The summed E-state index contributed by atoms with van der Waals surface area (Å²) < 4.78 is 10.9. The average molecular weight is 401 g/mol. The molecule has 1 aliphatic heterocycles. The van der Waals surface area contributed by atoms with E-state index in [0.717, 1.165) is 30.0 Å². The lowest BCUT2D eigenvalue weighted by Crippen LogP contribution is -2.39. The van der Waals surface area contributed by atoms with Gasteiger partial charge in [0.25, 0.3) is 0 Å². The topological polar surface area (TPSA) is 42.0 Å². The van der Waals surface area contributed by atoms with E-state index in [2.05, 4.69) is 13.0 Å². The molecule has 0 saturated heterocycles. The number of benzene rings is 2. The van der Waals surface area contributed by atoms with Gasteiger partial charge < -0.3 is 14.4 Å². The molecule has 28 heavy (non-hydrogen) atoms. The number of carbonyl (C=O) groups excluding carboxylic acids is 1. The number of carbonyl (C=O) groups is 1. The Bertz CT molecular complexity index is 827. The van der Waals surface area contributed by atoms with E-state index in [4.69, 9.17) is 9.47 Å². The van der Waals surface area contributed by atoms with Gasteiger partial charge in [-0.25, -0.2) is 0 Å². The average Bonchev–Trinajstić information content (AvgIpc) is 2.85. The van der Waals surface area contributed by atoms with Crippen LogP contribution in [0.25, 0.3) is 0 Å². The Morgan fingerprint density at radius 1 is 1.18 bits per heavy atom. The smallest absolute Gasteiger partial charge is 0.241 e. The summed E-state index contributed by atoms with van der Waals surface area (Å²) in [4.78, 5) is 18.2. The third kappa shape index (κ3) is 4.62. The molecule has 2 aromatic rings. The van der Waals surface area contributed by atoms with E-state index in [1.54, 1.807) is 14.2 Å². The highest BCUT2D eigenvalue weighted by Crippen LogP contribution is 2.37. The molecule has 1 amide bonds. The minimum absolute atomic E-state index is 0.117. The molecule has 6 heteroatoms. The number of rotatable bonds is 6. The fourth-order valence-corrected chi connectivity index (χ4v) is 4.60. The van der Waals surface area contributed by atoms with E-state index < -0.39 is 0 Å². The number of likely N-dealkylation sites (N-methyl/N-ethyl adjacent to an activating group) is 1. The summed E-state index contributed by atoms with van der Waals surface area (Å²) >= 11 is 1.85. The van der Waals surface area contributed by atoms with Crippen LogP contribution in [0, 0.1) is 0 Å². The van der Waals surface area contributed by atoms with Crippen LogP contribution in [-0.4, -0.2) is 50.4 Å². The van der Waals surface area contributed by atoms with Crippen molar-refractivity contribution in [2.75, 3.05) is 39.3 Å². The number of fused-ring (bicyclic) bond motifs is 1. The first-order chi connectivity index (χ1) is 13.5. The maximum absolute atomic E-state index is 13.1. The molecule has 1 atom stereocenters. The zero-order valence-electron chi connectivity index (χ0n) is 17.0. The molecule has 0 spiro atoms. The zero-order chi connectivity index (χ0) is 20.1. The molecule has 0 fully saturated rings. The second-order valence-corrected chi connectivity index (χ2v) is 8.54. The minimum Gasteiger partial charge on any atom is -0.493 e. The number of para-hydroxylation sites is 2. The van der Waals surface area contributed by atoms with Crippen molar-refractivity contribution in [1.29, 1.82) is 0 Å². The summed E-state index contributed by atoms with van der Waals surface area (Å²) in [6.45, 7) is 3.91. The Labute approximate surface area is 171 Å². The molecule has 2 aromatic carbocycles. The Balaban J connectivity index is 1.73. The normalized spacial score (nSPS) is 16.5. The van der Waals surface area contributed by atoms with Crippen LogP contribution in [0.3, 0.4) is 0 Å². The lowest BCUT2D eigenvalue weighted by Gasteiger charge is -2.26. The van der Waals surface area contributed by atoms with Crippen LogP contribution in [0.4, 0.5) is 5.69 Å². The third-order valence-corrected chi connectivity index (χ3v) is 6.11. The summed E-state index contributed by atoms with van der Waals surface area (Å²) in [7, 11) is 5.22. The van der Waals surface area contributed by atoms with Crippen LogP contribution in [0.15, 0.2) is 47.4 Å². The van der Waals surface area contributed by atoms with Gasteiger partial charge in [0, 0.05) is 28.8 Å². The van der Waals surface area contributed by atoms with Crippen LogP contribution >= 0.6 is 11.8 Å². The van der Waals surface area contributed by atoms with Crippen LogP contribution in [-0.2, 0) is 11.3 Å². The van der Waals surface area contributed by atoms with Crippen molar-refractivity contribution < 1.29 is 14.3 Å². The largest absolute Gasteiger partial charge is 0.493 e. The fraction of sp³-hybridized carbons (Fsp3) is 0.409. The highest BCUT2D eigenvalue weighted by molar-refractivity contribution is 8.00. The van der Waals surface area contributed by atoms with E-state index >= 15 is 0 Å². The minimum atomic E-state index is 0.117. The van der Waals surface area contributed by atoms with E-state index in [1.807, 2.05) is 65.0 Å². The van der Waals surface area contributed by atoms with Gasteiger partial charge >= 0.3 is 0 Å². The molecule has 1 aliphatic rings. The van der Waals surface area contributed by atoms with Crippen molar-refractivity contribution in [2.45, 2.75) is 30.0 Å². The van der Waals surface area contributed by atoms with E-state index in [1.165, 1.54) is 4.90 Å². The molecule has 0 saturated carbocycles. The van der Waals surface area contributed by atoms with Crippen molar-refractivity contribution in [3.63, 3.8) is 0 Å². The van der Waals surface area contributed by atoms with Crippen LogP contribution < -0.4 is 14.4 Å². The SMILES string of the molecule is COc1cccc(CN(C)CC(=O)N2CC[C@@H](C)Sc3ccccc32)c1OC. The summed E-state index contributed by atoms with van der Waals surface area (Å²) in [5.74, 6) is 1.54. The maximum atomic E-state index is 13.1. The number of nitrogens with zero attached hydrogens (tertiary/aromatic N) is 2. The summed E-state index contributed by atoms with van der Waals surface area (Å²) in [5, 5.41) is 0.498. The predicted molar refractivity (Wildman–Crippen MR) is 115 cm³/mol. The standard InChI is InChI=1S/C22H28N2O3S/c1-16-12-13-24(18-9-5-6-11-20(18)28-16)21(25)15-23(2)14-17-8-7-10-19(26-3)22(17)27-4/h5-11,16H,12-15H2,1-4H3/t16-/m1/s1. The number of methoxy groups -OCH3 is 2. The van der Waals surface area contributed by atoms with Crippen molar-refractivity contribution in [2.24, 2.45) is 0 Å². The van der Waals surface area contributed by atoms with Crippen LogP contribution in [0.1, 0.15) is 18.9 Å². The summed E-state index contributed by atoms with van der Waals surface area (Å²) in [6.07, 6.45) is 0.985. The summed E-state index contributed by atoms with van der Waals surface area (Å²) in [6, 6.07) is 14.0. The van der Waals surface area contributed by atoms with Gasteiger partial charge in [-0.2, -0.15) is 0 Å². The molecule has 5 nitrogen and oxygen atoms in total. The third-order valence-electron chi connectivity index (χ3n) is 4.87. The van der Waals surface area contributed by atoms with Gasteiger partial charge in [0.1, 0.15) is 0 Å². The van der Waals surface area contributed by atoms with Gasteiger partial charge in [-0.3, -0.25) is 9.69 Å². The maximum Gasteiger partial charge on any atom is 0.241 e.